The predicted molar refractivity (Wildman–Crippen MR) is 92.5 cm³/mol. The highest BCUT2D eigenvalue weighted by Crippen LogP contribution is 2.13. The van der Waals surface area contributed by atoms with Gasteiger partial charge in [-0.25, -0.2) is 4.98 Å². The zero-order chi connectivity index (χ0) is 17.5. The highest BCUT2D eigenvalue weighted by molar-refractivity contribution is 5.82. The summed E-state index contributed by atoms with van der Waals surface area (Å²) in [6, 6.07) is 10.2. The minimum absolute atomic E-state index is 0.0561. The smallest absolute Gasteiger partial charge is 0.224 e. The third-order valence-corrected chi connectivity index (χ3v) is 4.35. The van der Waals surface area contributed by atoms with Gasteiger partial charge in [-0.2, -0.15) is 5.10 Å². The Kier molecular flexibility index (Phi) is 5.77. The van der Waals surface area contributed by atoms with Crippen LogP contribution in [0.3, 0.4) is 0 Å². The van der Waals surface area contributed by atoms with Crippen LogP contribution in [0, 0.1) is 0 Å². The van der Waals surface area contributed by atoms with Crippen molar-refractivity contribution in [1.82, 2.24) is 25.0 Å². The molecule has 0 saturated carbocycles. The number of benzene rings is 1. The van der Waals surface area contributed by atoms with Gasteiger partial charge in [0.15, 0.2) is 0 Å². The molecule has 3 rings (SSSR count). The first-order chi connectivity index (χ1) is 12.2. The van der Waals surface area contributed by atoms with E-state index in [1.807, 2.05) is 23.1 Å². The Morgan fingerprint density at radius 2 is 2.08 bits per heavy atom. The SMILES string of the molecule is O=C(CCn1cncn1)N[C@@H]1CC(=O)N(CCCc2ccccc2)C1. The van der Waals surface area contributed by atoms with Gasteiger partial charge in [0.25, 0.3) is 0 Å². The van der Waals surface area contributed by atoms with Crippen molar-refractivity contribution in [3.8, 4) is 0 Å². The van der Waals surface area contributed by atoms with Crippen molar-refractivity contribution in [1.29, 1.82) is 0 Å². The highest BCUT2D eigenvalue weighted by Gasteiger charge is 2.29. The monoisotopic (exact) mass is 341 g/mol. The number of hydrogen-bond donors (Lipinski definition) is 1. The molecule has 1 aromatic heterocycles. The molecule has 1 saturated heterocycles. The van der Waals surface area contributed by atoms with Crippen LogP contribution in [-0.4, -0.2) is 50.6 Å². The molecule has 2 aromatic rings. The average Bonchev–Trinajstić information content (AvgIpc) is 3.24. The van der Waals surface area contributed by atoms with E-state index in [0.29, 0.717) is 25.9 Å². The van der Waals surface area contributed by atoms with Crippen molar-refractivity contribution >= 4 is 11.8 Å². The number of likely N-dealkylation sites (tertiary alicyclic amines) is 1. The van der Waals surface area contributed by atoms with E-state index in [1.165, 1.54) is 11.9 Å². The molecular formula is C18H23N5O2. The van der Waals surface area contributed by atoms with Crippen molar-refractivity contribution in [2.24, 2.45) is 0 Å². The number of carbonyl (C=O) groups is 2. The molecule has 1 aliphatic heterocycles. The Balaban J connectivity index is 1.37. The number of nitrogens with zero attached hydrogens (tertiary/aromatic N) is 4. The van der Waals surface area contributed by atoms with Crippen molar-refractivity contribution in [3.05, 3.63) is 48.5 Å². The van der Waals surface area contributed by atoms with E-state index in [2.05, 4.69) is 27.5 Å². The number of carbonyl (C=O) groups excluding carboxylic acids is 2. The molecule has 25 heavy (non-hydrogen) atoms. The first kappa shape index (κ1) is 17.1. The number of rotatable bonds is 8. The minimum Gasteiger partial charge on any atom is -0.351 e. The first-order valence-electron chi connectivity index (χ1n) is 8.64. The maximum Gasteiger partial charge on any atom is 0.224 e. The fraction of sp³-hybridized carbons (Fsp3) is 0.444. The third kappa shape index (κ3) is 5.14. The van der Waals surface area contributed by atoms with Gasteiger partial charge in [-0.15, -0.1) is 0 Å². The zero-order valence-corrected chi connectivity index (χ0v) is 14.2. The van der Waals surface area contributed by atoms with E-state index in [-0.39, 0.29) is 17.9 Å². The Labute approximate surface area is 147 Å². The van der Waals surface area contributed by atoms with E-state index >= 15 is 0 Å². The Bertz CT molecular complexity index is 687. The van der Waals surface area contributed by atoms with Crippen molar-refractivity contribution in [2.45, 2.75) is 38.3 Å². The fourth-order valence-corrected chi connectivity index (χ4v) is 3.07. The lowest BCUT2D eigenvalue weighted by molar-refractivity contribution is -0.127. The van der Waals surface area contributed by atoms with Crippen LogP contribution in [0.1, 0.15) is 24.8 Å². The van der Waals surface area contributed by atoms with Crippen LogP contribution in [-0.2, 0) is 22.6 Å². The maximum atomic E-state index is 12.1. The lowest BCUT2D eigenvalue weighted by Gasteiger charge is -2.17. The second kappa shape index (κ2) is 8.41. The summed E-state index contributed by atoms with van der Waals surface area (Å²) in [5.74, 6) is 0.0640. The van der Waals surface area contributed by atoms with Crippen molar-refractivity contribution in [2.75, 3.05) is 13.1 Å². The molecule has 2 amide bonds. The van der Waals surface area contributed by atoms with Crippen LogP contribution in [0.4, 0.5) is 0 Å². The van der Waals surface area contributed by atoms with E-state index < -0.39 is 0 Å². The lowest BCUT2D eigenvalue weighted by Crippen LogP contribution is -2.37. The first-order valence-corrected chi connectivity index (χ1v) is 8.64. The van der Waals surface area contributed by atoms with Gasteiger partial charge in [-0.3, -0.25) is 14.3 Å². The van der Waals surface area contributed by atoms with E-state index in [4.69, 9.17) is 0 Å². The van der Waals surface area contributed by atoms with Gasteiger partial charge in [0, 0.05) is 25.9 Å². The molecule has 1 aromatic carbocycles. The number of nitrogens with one attached hydrogen (secondary N) is 1. The molecule has 0 spiro atoms. The summed E-state index contributed by atoms with van der Waals surface area (Å²) in [5.41, 5.74) is 1.28. The van der Waals surface area contributed by atoms with Gasteiger partial charge >= 0.3 is 0 Å². The topological polar surface area (TPSA) is 80.1 Å². The summed E-state index contributed by atoms with van der Waals surface area (Å²) < 4.78 is 1.62. The highest BCUT2D eigenvalue weighted by atomic mass is 16.2. The molecule has 2 heterocycles. The maximum absolute atomic E-state index is 12.1. The van der Waals surface area contributed by atoms with Gasteiger partial charge in [-0.1, -0.05) is 30.3 Å². The molecule has 1 aliphatic rings. The quantitative estimate of drug-likeness (QED) is 0.777. The van der Waals surface area contributed by atoms with Crippen LogP contribution >= 0.6 is 0 Å². The minimum atomic E-state index is -0.0903. The molecule has 0 bridgehead atoms. The normalized spacial score (nSPS) is 17.0. The largest absolute Gasteiger partial charge is 0.351 e. The summed E-state index contributed by atoms with van der Waals surface area (Å²) in [6.45, 7) is 1.83. The molecule has 1 atom stereocenters. The van der Waals surface area contributed by atoms with E-state index in [0.717, 1.165) is 19.4 Å². The lowest BCUT2D eigenvalue weighted by atomic mass is 10.1. The molecule has 0 aliphatic carbocycles. The second-order valence-electron chi connectivity index (χ2n) is 6.31. The summed E-state index contributed by atoms with van der Waals surface area (Å²) in [4.78, 5) is 29.8. The molecule has 1 fully saturated rings. The number of hydrogen-bond acceptors (Lipinski definition) is 4. The van der Waals surface area contributed by atoms with Crippen LogP contribution < -0.4 is 5.32 Å². The van der Waals surface area contributed by atoms with Gasteiger partial charge in [-0.05, 0) is 18.4 Å². The molecular weight excluding hydrogens is 318 g/mol. The zero-order valence-electron chi connectivity index (χ0n) is 14.2. The van der Waals surface area contributed by atoms with Gasteiger partial charge in [0.1, 0.15) is 12.7 Å². The molecule has 7 heteroatoms. The Morgan fingerprint density at radius 3 is 2.84 bits per heavy atom. The van der Waals surface area contributed by atoms with E-state index in [9.17, 15) is 9.59 Å². The van der Waals surface area contributed by atoms with Crippen LogP contribution in [0.2, 0.25) is 0 Å². The van der Waals surface area contributed by atoms with Crippen molar-refractivity contribution in [3.63, 3.8) is 0 Å². The number of aromatic nitrogens is 3. The van der Waals surface area contributed by atoms with Crippen LogP contribution in [0.5, 0.6) is 0 Å². The summed E-state index contributed by atoms with van der Waals surface area (Å²) in [6.07, 6.45) is 5.65. The van der Waals surface area contributed by atoms with E-state index in [1.54, 1.807) is 11.0 Å². The molecule has 132 valence electrons. The Hall–Kier alpha value is -2.70. The summed E-state index contributed by atoms with van der Waals surface area (Å²) in [5, 5.41) is 6.91. The summed E-state index contributed by atoms with van der Waals surface area (Å²) >= 11 is 0. The Morgan fingerprint density at radius 1 is 1.24 bits per heavy atom. The van der Waals surface area contributed by atoms with Crippen molar-refractivity contribution < 1.29 is 9.59 Å². The third-order valence-electron chi connectivity index (χ3n) is 4.35. The van der Waals surface area contributed by atoms with Crippen LogP contribution in [0.15, 0.2) is 43.0 Å². The molecule has 0 radical (unpaired) electrons. The molecule has 0 unspecified atom stereocenters. The standard InChI is InChI=1S/C18H23N5O2/c24-17(8-10-23-14-19-13-20-23)21-16-11-18(25)22(12-16)9-4-7-15-5-2-1-3-6-15/h1-3,5-6,13-14,16H,4,7-12H2,(H,21,24)/t16-/m1/s1. The summed E-state index contributed by atoms with van der Waals surface area (Å²) in [7, 11) is 0. The van der Waals surface area contributed by atoms with Gasteiger partial charge in [0.05, 0.1) is 12.6 Å². The number of amides is 2. The number of aryl methyl sites for hydroxylation is 2. The van der Waals surface area contributed by atoms with Crippen LogP contribution in [0.25, 0.3) is 0 Å². The fourth-order valence-electron chi connectivity index (χ4n) is 3.07. The van der Waals surface area contributed by atoms with Gasteiger partial charge < -0.3 is 10.2 Å². The van der Waals surface area contributed by atoms with Gasteiger partial charge in [0.2, 0.25) is 11.8 Å². The second-order valence-corrected chi connectivity index (χ2v) is 6.31. The average molecular weight is 341 g/mol. The predicted octanol–water partition coefficient (Wildman–Crippen LogP) is 1.02. The molecule has 1 N–H and O–H groups in total. The molecule has 7 nitrogen and oxygen atoms in total.